The van der Waals surface area contributed by atoms with Crippen LogP contribution in [0.25, 0.3) is 0 Å². The van der Waals surface area contributed by atoms with E-state index in [9.17, 15) is 8.42 Å². The smallest absolute Gasteiger partial charge is 0.168 e. The molecule has 0 radical (unpaired) electrons. The van der Waals surface area contributed by atoms with Gasteiger partial charge in [0.2, 0.25) is 0 Å². The van der Waals surface area contributed by atoms with Crippen LogP contribution in [-0.2, 0) is 16.5 Å². The first-order chi connectivity index (χ1) is 6.58. The summed E-state index contributed by atoms with van der Waals surface area (Å²) >= 11 is 4.66. The standard InChI is InChI=1S/C8H10N2O2S2/c9-8(13)10-7-3-1-2-6(4-7)5-14(11)12/h1-4,14H,5H2,(H3,9,10,13). The second-order valence-electron chi connectivity index (χ2n) is 2.68. The molecule has 0 bridgehead atoms. The molecule has 6 heteroatoms. The Morgan fingerprint density at radius 3 is 2.79 bits per heavy atom. The van der Waals surface area contributed by atoms with Crippen LogP contribution in [0, 0.1) is 0 Å². The van der Waals surface area contributed by atoms with Crippen LogP contribution in [0.1, 0.15) is 5.56 Å². The second kappa shape index (κ2) is 4.92. The first kappa shape index (κ1) is 10.9. The maximum Gasteiger partial charge on any atom is 0.168 e. The van der Waals surface area contributed by atoms with Crippen molar-refractivity contribution in [1.29, 1.82) is 0 Å². The molecule has 0 unspecified atom stereocenters. The number of hydrogen-bond acceptors (Lipinski definition) is 3. The van der Waals surface area contributed by atoms with Crippen LogP contribution in [0.3, 0.4) is 0 Å². The minimum atomic E-state index is -2.40. The number of nitrogens with two attached hydrogens (primary N) is 1. The Labute approximate surface area is 89.1 Å². The molecule has 0 fully saturated rings. The van der Waals surface area contributed by atoms with E-state index in [4.69, 9.17) is 5.73 Å². The molecule has 4 nitrogen and oxygen atoms in total. The summed E-state index contributed by atoms with van der Waals surface area (Å²) in [5.74, 6) is 0.0299. The fraction of sp³-hybridized carbons (Fsp3) is 0.125. The third kappa shape index (κ3) is 3.71. The minimum Gasteiger partial charge on any atom is -0.376 e. The molecule has 0 spiro atoms. The van der Waals surface area contributed by atoms with Gasteiger partial charge in [-0.1, -0.05) is 12.1 Å². The molecular weight excluding hydrogens is 220 g/mol. The van der Waals surface area contributed by atoms with E-state index in [0.29, 0.717) is 11.3 Å². The topological polar surface area (TPSA) is 72.2 Å². The highest BCUT2D eigenvalue weighted by molar-refractivity contribution is 7.80. The Hall–Kier alpha value is -1.14. The lowest BCUT2D eigenvalue weighted by Gasteiger charge is -2.04. The molecule has 1 aromatic rings. The summed E-state index contributed by atoms with van der Waals surface area (Å²) < 4.78 is 20.9. The highest BCUT2D eigenvalue weighted by Crippen LogP contribution is 2.10. The fourth-order valence-corrected chi connectivity index (χ4v) is 1.65. The summed E-state index contributed by atoms with van der Waals surface area (Å²) in [6.45, 7) is 0. The maximum absolute atomic E-state index is 10.5. The van der Waals surface area contributed by atoms with Gasteiger partial charge in [-0.3, -0.25) is 0 Å². The molecule has 14 heavy (non-hydrogen) atoms. The third-order valence-electron chi connectivity index (χ3n) is 1.51. The Bertz CT molecular complexity index is 408. The van der Waals surface area contributed by atoms with Gasteiger partial charge in [0.25, 0.3) is 0 Å². The number of hydrogen-bond donors (Lipinski definition) is 3. The van der Waals surface area contributed by atoms with Crippen LogP contribution in [0.15, 0.2) is 24.3 Å². The van der Waals surface area contributed by atoms with Crippen molar-refractivity contribution < 1.29 is 8.42 Å². The van der Waals surface area contributed by atoms with Crippen LogP contribution in [0.5, 0.6) is 0 Å². The van der Waals surface area contributed by atoms with Gasteiger partial charge in [0.05, 0.1) is 5.75 Å². The highest BCUT2D eigenvalue weighted by Gasteiger charge is 1.97. The second-order valence-corrected chi connectivity index (χ2v) is 4.10. The Kier molecular flexibility index (Phi) is 3.84. The van der Waals surface area contributed by atoms with E-state index in [2.05, 4.69) is 17.5 Å². The van der Waals surface area contributed by atoms with Crippen molar-refractivity contribution in [1.82, 2.24) is 0 Å². The van der Waals surface area contributed by atoms with Gasteiger partial charge >= 0.3 is 0 Å². The molecule has 0 saturated heterocycles. The van der Waals surface area contributed by atoms with Gasteiger partial charge in [-0.2, -0.15) is 0 Å². The van der Waals surface area contributed by atoms with Gasteiger partial charge in [0, 0.05) is 5.69 Å². The lowest BCUT2D eigenvalue weighted by atomic mass is 10.2. The van der Waals surface area contributed by atoms with Gasteiger partial charge in [-0.05, 0) is 29.9 Å². The minimum absolute atomic E-state index is 0.0299. The molecule has 3 N–H and O–H groups in total. The molecular formula is C8H10N2O2S2. The van der Waals surface area contributed by atoms with Crippen LogP contribution >= 0.6 is 12.2 Å². The predicted octanol–water partition coefficient (Wildman–Crippen LogP) is 0.454. The predicted molar refractivity (Wildman–Crippen MR) is 60.9 cm³/mol. The van der Waals surface area contributed by atoms with Crippen LogP contribution < -0.4 is 11.1 Å². The number of benzene rings is 1. The number of thiol groups is 1. The molecule has 0 aromatic heterocycles. The first-order valence-corrected chi connectivity index (χ1v) is 5.62. The van der Waals surface area contributed by atoms with Crippen molar-refractivity contribution in [3.05, 3.63) is 29.8 Å². The van der Waals surface area contributed by atoms with E-state index < -0.39 is 10.7 Å². The molecule has 0 aliphatic heterocycles. The molecule has 76 valence electrons. The largest absolute Gasteiger partial charge is 0.376 e. The van der Waals surface area contributed by atoms with Crippen molar-refractivity contribution in [3.8, 4) is 0 Å². The van der Waals surface area contributed by atoms with Crippen LogP contribution in [-0.4, -0.2) is 13.5 Å². The molecule has 0 aliphatic rings. The molecule has 1 aromatic carbocycles. The highest BCUT2D eigenvalue weighted by atomic mass is 32.2. The average Bonchev–Trinajstić information content (AvgIpc) is 2.01. The number of rotatable bonds is 3. The van der Waals surface area contributed by atoms with E-state index in [0.717, 1.165) is 0 Å². The van der Waals surface area contributed by atoms with Gasteiger partial charge in [0.1, 0.15) is 10.7 Å². The van der Waals surface area contributed by atoms with Gasteiger partial charge in [-0.25, -0.2) is 8.42 Å². The van der Waals surface area contributed by atoms with Crippen molar-refractivity contribution in [2.24, 2.45) is 5.73 Å². The quantitative estimate of drug-likeness (QED) is 0.519. The SMILES string of the molecule is NC(=S)Nc1cccc(C[SH](=O)=O)c1. The van der Waals surface area contributed by atoms with Crippen molar-refractivity contribution in [2.75, 3.05) is 5.32 Å². The van der Waals surface area contributed by atoms with Crippen molar-refractivity contribution in [2.45, 2.75) is 5.75 Å². The number of thiocarbonyl (C=S) groups is 1. The Morgan fingerprint density at radius 2 is 2.21 bits per heavy atom. The lowest BCUT2D eigenvalue weighted by molar-refractivity contribution is 0.614. The van der Waals surface area contributed by atoms with Crippen molar-refractivity contribution in [3.63, 3.8) is 0 Å². The fourth-order valence-electron chi connectivity index (χ4n) is 1.04. The molecule has 0 aliphatic carbocycles. The monoisotopic (exact) mass is 230 g/mol. The summed E-state index contributed by atoms with van der Waals surface area (Å²) in [5, 5.41) is 2.89. The summed E-state index contributed by atoms with van der Waals surface area (Å²) in [5.41, 5.74) is 6.69. The molecule has 0 amide bonds. The summed E-state index contributed by atoms with van der Waals surface area (Å²) in [6.07, 6.45) is 0. The van der Waals surface area contributed by atoms with E-state index in [1.807, 2.05) is 0 Å². The zero-order valence-electron chi connectivity index (χ0n) is 7.27. The van der Waals surface area contributed by atoms with Crippen LogP contribution in [0.4, 0.5) is 5.69 Å². The zero-order chi connectivity index (χ0) is 10.6. The molecule has 1 rings (SSSR count). The summed E-state index contributed by atoms with van der Waals surface area (Å²) in [7, 11) is -2.40. The lowest BCUT2D eigenvalue weighted by Crippen LogP contribution is -2.18. The normalized spacial score (nSPS) is 10.1. The Balaban J connectivity index is 2.83. The van der Waals surface area contributed by atoms with E-state index in [-0.39, 0.29) is 10.9 Å². The summed E-state index contributed by atoms with van der Waals surface area (Å²) in [6, 6.07) is 6.94. The summed E-state index contributed by atoms with van der Waals surface area (Å²) in [4.78, 5) is 0. The number of nitrogens with one attached hydrogen (secondary N) is 1. The average molecular weight is 230 g/mol. The van der Waals surface area contributed by atoms with Gasteiger partial charge < -0.3 is 11.1 Å². The van der Waals surface area contributed by atoms with Gasteiger partial charge in [0.15, 0.2) is 5.11 Å². The molecule has 0 heterocycles. The van der Waals surface area contributed by atoms with Crippen molar-refractivity contribution >= 4 is 33.7 Å². The Morgan fingerprint density at radius 1 is 1.50 bits per heavy atom. The van der Waals surface area contributed by atoms with E-state index >= 15 is 0 Å². The molecule has 0 atom stereocenters. The maximum atomic E-state index is 10.5. The zero-order valence-corrected chi connectivity index (χ0v) is 8.98. The van der Waals surface area contributed by atoms with E-state index in [1.54, 1.807) is 24.3 Å². The van der Waals surface area contributed by atoms with Gasteiger partial charge in [-0.15, -0.1) is 0 Å². The molecule has 0 saturated carbocycles. The number of anilines is 1. The third-order valence-corrected chi connectivity index (χ3v) is 2.23. The first-order valence-electron chi connectivity index (χ1n) is 3.85. The van der Waals surface area contributed by atoms with E-state index in [1.165, 1.54) is 0 Å². The van der Waals surface area contributed by atoms with Crippen LogP contribution in [0.2, 0.25) is 0 Å².